The van der Waals surface area contributed by atoms with Gasteiger partial charge >= 0.3 is 36.9 Å². The van der Waals surface area contributed by atoms with E-state index in [0.29, 0.717) is 0 Å². The number of rotatable bonds is 12. The summed E-state index contributed by atoms with van der Waals surface area (Å²) in [7, 11) is -4.02. The van der Waals surface area contributed by atoms with E-state index in [1.54, 1.807) is 16.9 Å². The Morgan fingerprint density at radius 2 is 1.13 bits per heavy atom. The summed E-state index contributed by atoms with van der Waals surface area (Å²) in [4.78, 5) is -0.0666. The molecular formula is C17H16F14O7S. The first-order valence-electron chi connectivity index (χ1n) is 9.36. The van der Waals surface area contributed by atoms with Crippen LogP contribution in [-0.2, 0) is 29.1 Å². The maximum absolute atomic E-state index is 13.0. The zero-order chi connectivity index (χ0) is 31.3. The van der Waals surface area contributed by atoms with Gasteiger partial charge in [-0.1, -0.05) is 17.7 Å². The molecule has 0 aliphatic heterocycles. The lowest BCUT2D eigenvalue weighted by atomic mass is 10.2. The highest BCUT2D eigenvalue weighted by molar-refractivity contribution is 7.85. The van der Waals surface area contributed by atoms with Crippen molar-refractivity contribution in [3.05, 3.63) is 29.8 Å². The normalized spacial score (nSPS) is 15.0. The summed E-state index contributed by atoms with van der Waals surface area (Å²) in [5.41, 5.74) is 0.956. The summed E-state index contributed by atoms with van der Waals surface area (Å²) in [6.07, 6.45) is -41.9. The zero-order valence-electron chi connectivity index (χ0n) is 18.9. The van der Waals surface area contributed by atoms with E-state index in [0.717, 1.165) is 12.5 Å². The molecule has 0 amide bonds. The SMILES string of the molecule is C[C@H](F)COCC(F)(F)OC(F)(F)C(F)(F)OC(F)(F)C(F)(F)OC(F)(F)F.Cc1ccc(S(=O)(=O)O)cc1. The fourth-order valence-electron chi connectivity index (χ4n) is 1.81. The third-order valence-corrected chi connectivity index (χ3v) is 4.26. The molecule has 7 nitrogen and oxygen atoms in total. The standard InChI is InChI=1S/C10H8F14O4.C7H8O3S/c1-4(11)2-25-3-5(12,13)26-6(14,15)7(16,17)27-8(18,19)9(20,21)28-10(22,23)24;1-6-2-4-7(5-3-6)11(8,9)10/h4H,2-3H2,1H3;2-5H,1H3,(H,8,9,10)/t4-;/m0./s1. The predicted molar refractivity (Wildman–Crippen MR) is 96.4 cm³/mol. The van der Waals surface area contributed by atoms with Gasteiger partial charge in [0.2, 0.25) is 0 Å². The van der Waals surface area contributed by atoms with Crippen LogP contribution >= 0.6 is 0 Å². The van der Waals surface area contributed by atoms with E-state index < -0.39 is 66.4 Å². The van der Waals surface area contributed by atoms with Crippen molar-refractivity contribution >= 4 is 10.1 Å². The highest BCUT2D eigenvalue weighted by Gasteiger charge is 2.74. The van der Waals surface area contributed by atoms with Crippen LogP contribution in [0, 0.1) is 6.92 Å². The molecule has 0 radical (unpaired) electrons. The van der Waals surface area contributed by atoms with Crippen LogP contribution in [0.3, 0.4) is 0 Å². The smallest absolute Gasteiger partial charge is 0.369 e. The topological polar surface area (TPSA) is 91.3 Å². The molecule has 0 aliphatic carbocycles. The molecular weight excluding hydrogens is 614 g/mol. The Morgan fingerprint density at radius 3 is 1.49 bits per heavy atom. The lowest BCUT2D eigenvalue weighted by molar-refractivity contribution is -0.564. The molecule has 0 unspecified atom stereocenters. The van der Waals surface area contributed by atoms with Gasteiger partial charge in [0.05, 0.1) is 11.5 Å². The molecule has 0 heterocycles. The van der Waals surface area contributed by atoms with Crippen molar-refractivity contribution in [2.45, 2.75) is 61.8 Å². The van der Waals surface area contributed by atoms with E-state index in [4.69, 9.17) is 4.55 Å². The summed E-state index contributed by atoms with van der Waals surface area (Å²) in [5.74, 6) is 0. The van der Waals surface area contributed by atoms with E-state index in [-0.39, 0.29) is 4.90 Å². The number of aryl methyl sites for hydroxylation is 1. The molecule has 22 heteroatoms. The van der Waals surface area contributed by atoms with E-state index in [9.17, 15) is 69.9 Å². The summed E-state index contributed by atoms with van der Waals surface area (Å²) in [6.45, 7) is -0.915. The number of hydrogen-bond acceptors (Lipinski definition) is 6. The summed E-state index contributed by atoms with van der Waals surface area (Å²) < 4.78 is 214. The van der Waals surface area contributed by atoms with Crippen LogP contribution in [-0.4, -0.2) is 69.3 Å². The Morgan fingerprint density at radius 1 is 0.744 bits per heavy atom. The van der Waals surface area contributed by atoms with Crippen LogP contribution in [0.5, 0.6) is 0 Å². The molecule has 0 aromatic heterocycles. The monoisotopic (exact) mass is 630 g/mol. The number of alkyl halides is 14. The zero-order valence-corrected chi connectivity index (χ0v) is 19.7. The number of hydrogen-bond donors (Lipinski definition) is 1. The number of ether oxygens (including phenoxy) is 4. The molecule has 0 fully saturated rings. The third-order valence-electron chi connectivity index (χ3n) is 3.39. The average Bonchev–Trinajstić information content (AvgIpc) is 2.63. The van der Waals surface area contributed by atoms with Crippen LogP contribution in [0.1, 0.15) is 12.5 Å². The molecule has 0 saturated carbocycles. The molecule has 1 aromatic carbocycles. The van der Waals surface area contributed by atoms with E-state index in [1.807, 2.05) is 6.92 Å². The van der Waals surface area contributed by atoms with Crippen LogP contribution in [0.4, 0.5) is 61.5 Å². The molecule has 1 N–H and O–H groups in total. The van der Waals surface area contributed by atoms with Gasteiger partial charge in [-0.25, -0.2) is 18.6 Å². The average molecular weight is 630 g/mol. The van der Waals surface area contributed by atoms with Gasteiger partial charge < -0.3 is 4.74 Å². The summed E-state index contributed by atoms with van der Waals surface area (Å²) in [5, 5.41) is 0. The quantitative estimate of drug-likeness (QED) is 0.219. The largest absolute Gasteiger partial charge is 0.527 e. The predicted octanol–water partition coefficient (Wildman–Crippen LogP) is 6.14. The maximum atomic E-state index is 13.0. The van der Waals surface area contributed by atoms with Crippen LogP contribution in [0.15, 0.2) is 29.2 Å². The van der Waals surface area contributed by atoms with Crippen molar-refractivity contribution in [1.82, 2.24) is 0 Å². The first-order valence-corrected chi connectivity index (χ1v) is 10.8. The van der Waals surface area contributed by atoms with Crippen LogP contribution < -0.4 is 0 Å². The van der Waals surface area contributed by atoms with Crippen LogP contribution in [0.25, 0.3) is 0 Å². The Labute approximate surface area is 209 Å². The van der Waals surface area contributed by atoms with Gasteiger partial charge in [-0.05, 0) is 26.0 Å². The molecule has 230 valence electrons. The van der Waals surface area contributed by atoms with Gasteiger partial charge in [-0.2, -0.15) is 52.3 Å². The van der Waals surface area contributed by atoms with E-state index >= 15 is 0 Å². The van der Waals surface area contributed by atoms with Gasteiger partial charge in [0.15, 0.2) is 0 Å². The molecule has 0 bridgehead atoms. The fraction of sp³-hybridized carbons (Fsp3) is 0.647. The molecule has 39 heavy (non-hydrogen) atoms. The first-order chi connectivity index (χ1) is 17.0. The summed E-state index contributed by atoms with van der Waals surface area (Å²) in [6, 6.07) is 5.99. The molecule has 0 aliphatic rings. The van der Waals surface area contributed by atoms with Crippen molar-refractivity contribution in [1.29, 1.82) is 0 Å². The van der Waals surface area contributed by atoms with Gasteiger partial charge in [0.25, 0.3) is 10.1 Å². The molecule has 0 spiro atoms. The minimum Gasteiger partial charge on any atom is -0.369 e. The van der Waals surface area contributed by atoms with E-state index in [1.165, 1.54) is 16.9 Å². The molecule has 0 saturated heterocycles. The first kappa shape index (κ1) is 37.0. The van der Waals surface area contributed by atoms with Crippen molar-refractivity contribution in [2.24, 2.45) is 0 Å². The number of halogens is 14. The molecule has 1 rings (SSSR count). The van der Waals surface area contributed by atoms with Crippen molar-refractivity contribution in [3.8, 4) is 0 Å². The van der Waals surface area contributed by atoms with Gasteiger partial charge in [0.1, 0.15) is 12.8 Å². The van der Waals surface area contributed by atoms with Crippen molar-refractivity contribution in [3.63, 3.8) is 0 Å². The second-order valence-electron chi connectivity index (χ2n) is 7.04. The molecule has 1 atom stereocenters. The molecule has 1 aromatic rings. The van der Waals surface area contributed by atoms with E-state index in [2.05, 4.69) is 9.47 Å². The Kier molecular flexibility index (Phi) is 12.0. The Hall–Kier alpha value is -2.01. The lowest BCUT2D eigenvalue weighted by Gasteiger charge is -2.33. The maximum Gasteiger partial charge on any atom is 0.527 e. The number of benzene rings is 1. The third kappa shape index (κ3) is 12.8. The Balaban J connectivity index is 0.00000108. The highest BCUT2D eigenvalue weighted by atomic mass is 32.2. The second-order valence-corrected chi connectivity index (χ2v) is 8.46. The summed E-state index contributed by atoms with van der Waals surface area (Å²) >= 11 is 0. The van der Waals surface area contributed by atoms with Gasteiger partial charge in [-0.15, -0.1) is 13.2 Å². The van der Waals surface area contributed by atoms with Gasteiger partial charge in [-0.3, -0.25) is 4.55 Å². The minimum atomic E-state index is -7.10. The fourth-order valence-corrected chi connectivity index (χ4v) is 2.29. The van der Waals surface area contributed by atoms with Gasteiger partial charge in [0, 0.05) is 0 Å². The van der Waals surface area contributed by atoms with Crippen LogP contribution in [0.2, 0.25) is 0 Å². The van der Waals surface area contributed by atoms with Crippen molar-refractivity contribution < 1.29 is 93.4 Å². The van der Waals surface area contributed by atoms with Crippen molar-refractivity contribution in [2.75, 3.05) is 13.2 Å². The highest BCUT2D eigenvalue weighted by Crippen LogP contribution is 2.48. The Bertz CT molecular complexity index is 1010. The lowest BCUT2D eigenvalue weighted by Crippen LogP contribution is -2.57. The second kappa shape index (κ2) is 12.7. The minimum absolute atomic E-state index is 0.0666.